The van der Waals surface area contributed by atoms with Gasteiger partial charge in [-0.05, 0) is 60.6 Å². The van der Waals surface area contributed by atoms with Crippen molar-refractivity contribution in [3.63, 3.8) is 0 Å². The van der Waals surface area contributed by atoms with Crippen molar-refractivity contribution in [1.29, 1.82) is 0 Å². The summed E-state index contributed by atoms with van der Waals surface area (Å²) in [6.45, 7) is 11.4. The number of ether oxygens (including phenoxy) is 5. The van der Waals surface area contributed by atoms with Gasteiger partial charge in [0.25, 0.3) is 11.8 Å². The number of hydrogen-bond donors (Lipinski definition) is 1. The van der Waals surface area contributed by atoms with E-state index in [0.717, 1.165) is 11.1 Å². The van der Waals surface area contributed by atoms with E-state index in [1.54, 1.807) is 70.4 Å². The molecule has 7 rings (SSSR count). The average molecular weight is 766 g/mol. The van der Waals surface area contributed by atoms with Gasteiger partial charge in [-0.25, -0.2) is 4.79 Å². The smallest absolute Gasteiger partial charge is 0.411 e. The number of fused-ring (bicyclic) bond motifs is 4. The van der Waals surface area contributed by atoms with Crippen LogP contribution in [0.3, 0.4) is 0 Å². The predicted molar refractivity (Wildman–Crippen MR) is 213 cm³/mol. The number of nitrogens with one attached hydrogen (secondary N) is 1. The van der Waals surface area contributed by atoms with E-state index < -0.39 is 6.09 Å². The summed E-state index contributed by atoms with van der Waals surface area (Å²) in [6.07, 6.45) is 6.27. The quantitative estimate of drug-likeness (QED) is 0.191. The van der Waals surface area contributed by atoms with E-state index in [-0.39, 0.29) is 49.0 Å². The number of benzene rings is 3. The third-order valence-corrected chi connectivity index (χ3v) is 10.8. The van der Waals surface area contributed by atoms with Crippen LogP contribution in [0.25, 0.3) is 0 Å². The molecule has 13 nitrogen and oxygen atoms in total. The molecule has 0 saturated carbocycles. The molecule has 0 radical (unpaired) electrons. The van der Waals surface area contributed by atoms with Crippen molar-refractivity contribution in [1.82, 2.24) is 9.80 Å². The van der Waals surface area contributed by atoms with E-state index in [2.05, 4.69) is 28.5 Å². The fourth-order valence-electron chi connectivity index (χ4n) is 6.95. The molecule has 2 saturated heterocycles. The number of carbonyl (C=O) groups is 3. The zero-order valence-corrected chi connectivity index (χ0v) is 32.1. The van der Waals surface area contributed by atoms with Gasteiger partial charge >= 0.3 is 6.09 Å². The van der Waals surface area contributed by atoms with Crippen LogP contribution in [0.1, 0.15) is 51.6 Å². The highest BCUT2D eigenvalue weighted by Crippen LogP contribution is 2.40. The summed E-state index contributed by atoms with van der Waals surface area (Å²) in [5.74, 6) is 1.27. The average Bonchev–Trinajstić information content (AvgIpc) is 3.69. The van der Waals surface area contributed by atoms with Gasteiger partial charge in [-0.1, -0.05) is 31.2 Å². The summed E-state index contributed by atoms with van der Waals surface area (Å²) in [5.41, 5.74) is 5.67. The van der Waals surface area contributed by atoms with E-state index >= 15 is 0 Å². The lowest BCUT2D eigenvalue weighted by Gasteiger charge is -2.20. The number of thioether (sulfide) groups is 1. The lowest BCUT2D eigenvalue weighted by Crippen LogP contribution is -2.35. The van der Waals surface area contributed by atoms with Gasteiger partial charge in [-0.2, -0.15) is 11.8 Å². The Bertz CT molecular complexity index is 2000. The maximum Gasteiger partial charge on any atom is 0.411 e. The number of anilines is 1. The molecule has 3 atom stereocenters. The molecule has 3 amide bonds. The molecular formula is C41H43N5O8S. The molecular weight excluding hydrogens is 723 g/mol. The number of amides is 3. The Balaban J connectivity index is 1.13. The maximum absolute atomic E-state index is 13.5. The van der Waals surface area contributed by atoms with Crippen LogP contribution in [0.15, 0.2) is 76.8 Å². The highest BCUT2D eigenvalue weighted by molar-refractivity contribution is 7.99. The molecule has 0 aliphatic carbocycles. The predicted octanol–water partition coefficient (Wildman–Crippen LogP) is 7.14. The molecule has 3 aromatic carbocycles. The van der Waals surface area contributed by atoms with Crippen molar-refractivity contribution in [3.8, 4) is 23.0 Å². The maximum atomic E-state index is 13.5. The second-order valence-corrected chi connectivity index (χ2v) is 15.2. The fourth-order valence-corrected chi connectivity index (χ4v) is 7.15. The Morgan fingerprint density at radius 1 is 0.800 bits per heavy atom. The van der Waals surface area contributed by atoms with Crippen LogP contribution in [-0.2, 0) is 18.0 Å². The van der Waals surface area contributed by atoms with Crippen molar-refractivity contribution in [3.05, 3.63) is 89.0 Å². The first-order valence-electron chi connectivity index (χ1n) is 17.9. The minimum Gasteiger partial charge on any atom is -0.493 e. The molecule has 4 aliphatic heterocycles. The van der Waals surface area contributed by atoms with Crippen LogP contribution in [-0.4, -0.2) is 97.6 Å². The Morgan fingerprint density at radius 3 is 1.75 bits per heavy atom. The SMILES string of the molecule is C=C1C[C@H]2C=Nc3cc(OCc4cc(COc5cc6c(cc5OC)C(=O)N5CC(=C)C[C@H]5C=N6)cc(NC(=O)OC[C@@H](C)SC)c4)c(OC)cc3C(=O)N2C1. The minimum atomic E-state index is -0.594. The minimum absolute atomic E-state index is 0.0749. The Morgan fingerprint density at radius 2 is 1.29 bits per heavy atom. The lowest BCUT2D eigenvalue weighted by atomic mass is 10.1. The molecule has 0 aromatic heterocycles. The molecule has 3 aromatic rings. The van der Waals surface area contributed by atoms with Crippen LogP contribution in [0.4, 0.5) is 21.9 Å². The molecule has 55 heavy (non-hydrogen) atoms. The van der Waals surface area contributed by atoms with E-state index in [9.17, 15) is 14.4 Å². The topological polar surface area (TPSA) is 141 Å². The van der Waals surface area contributed by atoms with Crippen molar-refractivity contribution in [2.24, 2.45) is 9.98 Å². The summed E-state index contributed by atoms with van der Waals surface area (Å²) >= 11 is 1.60. The van der Waals surface area contributed by atoms with Gasteiger partial charge < -0.3 is 33.5 Å². The summed E-state index contributed by atoms with van der Waals surface area (Å²) in [6, 6.07) is 11.9. The van der Waals surface area contributed by atoms with Gasteiger partial charge in [0.05, 0.1) is 48.8 Å². The summed E-state index contributed by atoms with van der Waals surface area (Å²) < 4.78 is 29.3. The molecule has 286 valence electrons. The van der Waals surface area contributed by atoms with Gasteiger partial charge in [-0.3, -0.25) is 24.9 Å². The number of carbonyl (C=O) groups excluding carboxylic acids is 3. The summed E-state index contributed by atoms with van der Waals surface area (Å²) in [4.78, 5) is 52.5. The largest absolute Gasteiger partial charge is 0.493 e. The van der Waals surface area contributed by atoms with Crippen LogP contribution in [0.5, 0.6) is 23.0 Å². The number of nitrogens with zero attached hydrogens (tertiary/aromatic N) is 4. The molecule has 4 aliphatic rings. The number of methoxy groups -OCH3 is 2. The second-order valence-electron chi connectivity index (χ2n) is 13.9. The molecule has 4 heterocycles. The van der Waals surface area contributed by atoms with Gasteiger partial charge in [0.2, 0.25) is 0 Å². The van der Waals surface area contributed by atoms with Crippen LogP contribution in [0, 0.1) is 0 Å². The van der Waals surface area contributed by atoms with Crippen molar-refractivity contribution < 1.29 is 38.1 Å². The highest BCUT2D eigenvalue weighted by atomic mass is 32.2. The zero-order valence-electron chi connectivity index (χ0n) is 31.3. The Labute approximate surface area is 324 Å². The summed E-state index contributed by atoms with van der Waals surface area (Å²) in [7, 11) is 3.03. The number of rotatable bonds is 12. The lowest BCUT2D eigenvalue weighted by molar-refractivity contribution is 0.0769. The normalized spacial score (nSPS) is 18.8. The fraction of sp³-hybridized carbons (Fsp3) is 0.341. The van der Waals surface area contributed by atoms with Gasteiger partial charge in [0.15, 0.2) is 23.0 Å². The van der Waals surface area contributed by atoms with Crippen LogP contribution < -0.4 is 24.3 Å². The first-order chi connectivity index (χ1) is 26.5. The monoisotopic (exact) mass is 765 g/mol. The standard InChI is InChI=1S/C41H43N5O8S/c1-23-7-29-16-42-33-14-37(35(50-4)12-31(33)39(47)45(29)18-23)52-21-26-9-27(11-28(10-26)44-41(49)54-20-25(3)55-6)22-53-38-15-34-32(13-36(38)51-5)40(48)46-19-24(2)8-30(46)17-43-34/h9-17,25,29-30H,1-2,7-8,18-22H2,3-6H3,(H,44,49)/t25-,29+,30+/m1/s1. The van der Waals surface area contributed by atoms with Gasteiger partial charge in [-0.15, -0.1) is 0 Å². The van der Waals surface area contributed by atoms with Crippen molar-refractivity contribution in [2.45, 2.75) is 50.3 Å². The van der Waals surface area contributed by atoms with Crippen molar-refractivity contribution >= 4 is 59.2 Å². The Kier molecular flexibility index (Phi) is 10.9. The molecule has 0 spiro atoms. The third kappa shape index (κ3) is 8.04. The van der Waals surface area contributed by atoms with E-state index in [0.29, 0.717) is 88.2 Å². The van der Waals surface area contributed by atoms with E-state index in [1.807, 2.05) is 19.2 Å². The molecule has 14 heteroatoms. The van der Waals surface area contributed by atoms with E-state index in [4.69, 9.17) is 23.7 Å². The van der Waals surface area contributed by atoms with E-state index in [1.165, 1.54) is 14.2 Å². The first-order valence-corrected chi connectivity index (χ1v) is 19.1. The summed E-state index contributed by atoms with van der Waals surface area (Å²) in [5, 5.41) is 2.96. The van der Waals surface area contributed by atoms with Gasteiger partial charge in [0.1, 0.15) is 19.8 Å². The zero-order chi connectivity index (χ0) is 38.8. The molecule has 0 bridgehead atoms. The van der Waals surface area contributed by atoms with Gasteiger partial charge in [0, 0.05) is 48.6 Å². The third-order valence-electron chi connectivity index (χ3n) is 9.84. The highest BCUT2D eigenvalue weighted by Gasteiger charge is 2.35. The van der Waals surface area contributed by atoms with Crippen LogP contribution >= 0.6 is 11.8 Å². The number of aliphatic imine (C=N–C) groups is 2. The molecule has 0 unspecified atom stereocenters. The van der Waals surface area contributed by atoms with Crippen molar-refractivity contribution in [2.75, 3.05) is 45.5 Å². The Hall–Kier alpha value is -5.76. The number of hydrogen-bond acceptors (Lipinski definition) is 11. The van der Waals surface area contributed by atoms with Crippen LogP contribution in [0.2, 0.25) is 0 Å². The second kappa shape index (κ2) is 15.9. The molecule has 1 N–H and O–H groups in total. The molecule has 2 fully saturated rings. The first kappa shape index (κ1) is 37.6.